The quantitative estimate of drug-likeness (QED) is 0.652. The molecule has 0 aliphatic carbocycles. The van der Waals surface area contributed by atoms with Crippen molar-refractivity contribution in [2.75, 3.05) is 23.4 Å². The Morgan fingerprint density at radius 2 is 2.03 bits per heavy atom. The highest BCUT2D eigenvalue weighted by Gasteiger charge is 2.29. The number of esters is 1. The van der Waals surface area contributed by atoms with Gasteiger partial charge in [-0.25, -0.2) is 18.4 Å². The molecule has 0 bridgehead atoms. The summed E-state index contributed by atoms with van der Waals surface area (Å²) in [5.74, 6) is -0.720. The SMILES string of the molecule is CCOC(=O)c1c(NC(=O)CN2c3ccc(S(N)(=O)=O)cc3C[C@H]2C)sc(C)c1C. The Morgan fingerprint density at radius 1 is 1.33 bits per heavy atom. The lowest BCUT2D eigenvalue weighted by Gasteiger charge is -2.24. The lowest BCUT2D eigenvalue weighted by atomic mass is 10.1. The number of carbonyl (C=O) groups excluding carboxylic acids is 2. The van der Waals surface area contributed by atoms with Crippen molar-refractivity contribution in [3.8, 4) is 0 Å². The number of nitrogens with zero attached hydrogens (tertiary/aromatic N) is 1. The van der Waals surface area contributed by atoms with Crippen molar-refractivity contribution < 1.29 is 22.7 Å². The standard InChI is InChI=1S/C20H25N3O5S2/c1-5-28-20(25)18-12(3)13(4)29-19(18)22-17(24)10-23-11(2)8-14-9-15(30(21,26)27)6-7-16(14)23/h6-7,9,11H,5,8,10H2,1-4H3,(H,22,24)(H2,21,26,27)/t11-/m1/s1. The molecule has 1 aliphatic heterocycles. The van der Waals surface area contributed by atoms with E-state index in [0.717, 1.165) is 21.7 Å². The molecule has 30 heavy (non-hydrogen) atoms. The van der Waals surface area contributed by atoms with Crippen molar-refractivity contribution >= 4 is 43.9 Å². The number of hydrogen-bond acceptors (Lipinski definition) is 7. The number of carbonyl (C=O) groups is 2. The summed E-state index contributed by atoms with van der Waals surface area (Å²) in [6.07, 6.45) is 0.608. The number of nitrogens with two attached hydrogens (primary N) is 1. The number of aryl methyl sites for hydroxylation is 1. The van der Waals surface area contributed by atoms with E-state index in [-0.39, 0.29) is 30.0 Å². The van der Waals surface area contributed by atoms with Crippen LogP contribution in [0.1, 0.15) is 40.2 Å². The van der Waals surface area contributed by atoms with Crippen molar-refractivity contribution in [2.45, 2.75) is 45.1 Å². The van der Waals surface area contributed by atoms with Crippen LogP contribution in [0.25, 0.3) is 0 Å². The van der Waals surface area contributed by atoms with E-state index in [0.29, 0.717) is 17.0 Å². The van der Waals surface area contributed by atoms with Gasteiger partial charge in [-0.15, -0.1) is 11.3 Å². The van der Waals surface area contributed by atoms with Gasteiger partial charge in [0, 0.05) is 16.6 Å². The fourth-order valence-corrected chi connectivity index (χ4v) is 5.20. The second kappa shape index (κ2) is 8.37. The third-order valence-electron chi connectivity index (χ3n) is 5.17. The predicted molar refractivity (Wildman–Crippen MR) is 117 cm³/mol. The zero-order chi connectivity index (χ0) is 22.2. The molecule has 0 radical (unpaired) electrons. The van der Waals surface area contributed by atoms with Gasteiger partial charge in [-0.2, -0.15) is 0 Å². The highest BCUT2D eigenvalue weighted by molar-refractivity contribution is 7.89. The van der Waals surface area contributed by atoms with Gasteiger partial charge in [0.05, 0.1) is 23.6 Å². The van der Waals surface area contributed by atoms with Gasteiger partial charge in [0.15, 0.2) is 0 Å². The van der Waals surface area contributed by atoms with Crippen molar-refractivity contribution in [3.05, 3.63) is 39.8 Å². The first-order valence-corrected chi connectivity index (χ1v) is 11.9. The first-order chi connectivity index (χ1) is 14.0. The van der Waals surface area contributed by atoms with Crippen LogP contribution >= 0.6 is 11.3 Å². The Bertz CT molecular complexity index is 1110. The maximum absolute atomic E-state index is 12.8. The minimum atomic E-state index is -3.78. The first kappa shape index (κ1) is 22.3. The summed E-state index contributed by atoms with van der Waals surface area (Å²) >= 11 is 1.34. The summed E-state index contributed by atoms with van der Waals surface area (Å²) in [4.78, 5) is 28.0. The Hall–Kier alpha value is -2.43. The Kier molecular flexibility index (Phi) is 6.21. The van der Waals surface area contributed by atoms with Gasteiger partial charge in [-0.3, -0.25) is 4.79 Å². The van der Waals surface area contributed by atoms with E-state index in [1.165, 1.54) is 17.4 Å². The predicted octanol–water partition coefficient (Wildman–Crippen LogP) is 2.58. The van der Waals surface area contributed by atoms with Crippen LogP contribution in [0.2, 0.25) is 0 Å². The largest absolute Gasteiger partial charge is 0.462 e. The number of fused-ring (bicyclic) bond motifs is 1. The number of nitrogens with one attached hydrogen (secondary N) is 1. The molecule has 1 aromatic carbocycles. The molecule has 10 heteroatoms. The fourth-order valence-electron chi connectivity index (χ4n) is 3.57. The molecule has 0 saturated carbocycles. The molecule has 1 aromatic heterocycles. The maximum atomic E-state index is 12.8. The van der Waals surface area contributed by atoms with Crippen LogP contribution < -0.4 is 15.4 Å². The first-order valence-electron chi connectivity index (χ1n) is 9.52. The number of primary sulfonamides is 1. The van der Waals surface area contributed by atoms with Gasteiger partial charge in [-0.05, 0) is 63.4 Å². The van der Waals surface area contributed by atoms with Crippen LogP contribution in [-0.2, 0) is 26.0 Å². The molecule has 3 rings (SSSR count). The molecule has 1 aliphatic rings. The monoisotopic (exact) mass is 451 g/mol. The Balaban J connectivity index is 1.80. The lowest BCUT2D eigenvalue weighted by molar-refractivity contribution is -0.115. The average molecular weight is 452 g/mol. The zero-order valence-corrected chi connectivity index (χ0v) is 18.9. The molecular weight excluding hydrogens is 426 g/mol. The molecule has 0 saturated heterocycles. The number of ether oxygens (including phenoxy) is 1. The molecule has 2 aromatic rings. The van der Waals surface area contributed by atoms with E-state index >= 15 is 0 Å². The van der Waals surface area contributed by atoms with Crippen molar-refractivity contribution in [2.24, 2.45) is 5.14 Å². The van der Waals surface area contributed by atoms with E-state index in [4.69, 9.17) is 9.88 Å². The number of thiophene rings is 1. The van der Waals surface area contributed by atoms with Gasteiger partial charge in [-0.1, -0.05) is 0 Å². The summed E-state index contributed by atoms with van der Waals surface area (Å²) in [5, 5.41) is 8.54. The molecule has 1 amide bonds. The third-order valence-corrected chi connectivity index (χ3v) is 7.20. The van der Waals surface area contributed by atoms with Gasteiger partial charge < -0.3 is 15.0 Å². The number of sulfonamides is 1. The number of benzene rings is 1. The summed E-state index contributed by atoms with van der Waals surface area (Å²) < 4.78 is 28.3. The van der Waals surface area contributed by atoms with Crippen molar-refractivity contribution in [1.29, 1.82) is 0 Å². The van der Waals surface area contributed by atoms with Crippen LogP contribution in [0.3, 0.4) is 0 Å². The molecular formula is C20H25N3O5S2. The van der Waals surface area contributed by atoms with Crippen LogP contribution in [0, 0.1) is 13.8 Å². The van der Waals surface area contributed by atoms with E-state index in [2.05, 4.69) is 5.32 Å². The van der Waals surface area contributed by atoms with Crippen LogP contribution in [0.15, 0.2) is 23.1 Å². The van der Waals surface area contributed by atoms with Crippen LogP contribution in [0.4, 0.5) is 10.7 Å². The summed E-state index contributed by atoms with van der Waals surface area (Å²) in [7, 11) is -3.78. The van der Waals surface area contributed by atoms with Crippen molar-refractivity contribution in [1.82, 2.24) is 0 Å². The van der Waals surface area contributed by atoms with Gasteiger partial charge >= 0.3 is 5.97 Å². The molecule has 3 N–H and O–H groups in total. The topological polar surface area (TPSA) is 119 Å². The summed E-state index contributed by atoms with van der Waals surface area (Å²) in [6, 6.07) is 4.69. The molecule has 1 atom stereocenters. The number of amides is 1. The zero-order valence-electron chi connectivity index (χ0n) is 17.3. The minimum absolute atomic E-state index is 0.0119. The second-order valence-corrected chi connectivity index (χ2v) is 10.1. The van der Waals surface area contributed by atoms with Crippen LogP contribution in [0.5, 0.6) is 0 Å². The number of rotatable bonds is 6. The number of anilines is 2. The van der Waals surface area contributed by atoms with Crippen molar-refractivity contribution in [3.63, 3.8) is 0 Å². The lowest BCUT2D eigenvalue weighted by Crippen LogP contribution is -2.37. The summed E-state index contributed by atoms with van der Waals surface area (Å²) in [5.41, 5.74) is 2.82. The fraction of sp³-hybridized carbons (Fsp3) is 0.400. The van der Waals surface area contributed by atoms with E-state index < -0.39 is 16.0 Å². The highest BCUT2D eigenvalue weighted by atomic mass is 32.2. The Morgan fingerprint density at radius 3 is 2.67 bits per heavy atom. The second-order valence-electron chi connectivity index (χ2n) is 7.27. The molecule has 0 fully saturated rings. The van der Waals surface area contributed by atoms with Crippen LogP contribution in [-0.4, -0.2) is 39.5 Å². The molecule has 0 spiro atoms. The molecule has 2 heterocycles. The Labute approximate surface area is 180 Å². The van der Waals surface area contributed by atoms with Gasteiger partial charge in [0.25, 0.3) is 0 Å². The van der Waals surface area contributed by atoms with E-state index in [1.54, 1.807) is 19.1 Å². The average Bonchev–Trinajstić information content (AvgIpc) is 3.10. The maximum Gasteiger partial charge on any atom is 0.341 e. The number of hydrogen-bond donors (Lipinski definition) is 2. The van der Waals surface area contributed by atoms with Gasteiger partial charge in [0.1, 0.15) is 5.00 Å². The molecule has 8 nitrogen and oxygen atoms in total. The van der Waals surface area contributed by atoms with E-state index in [1.807, 2.05) is 25.7 Å². The smallest absolute Gasteiger partial charge is 0.341 e. The van der Waals surface area contributed by atoms with E-state index in [9.17, 15) is 18.0 Å². The summed E-state index contributed by atoms with van der Waals surface area (Å²) in [6.45, 7) is 7.74. The third kappa shape index (κ3) is 4.35. The molecule has 0 unspecified atom stereocenters. The highest BCUT2D eigenvalue weighted by Crippen LogP contribution is 2.35. The molecule has 162 valence electrons. The normalized spacial score (nSPS) is 15.8. The van der Waals surface area contributed by atoms with Gasteiger partial charge in [0.2, 0.25) is 15.9 Å². The minimum Gasteiger partial charge on any atom is -0.462 e.